The first-order valence-electron chi connectivity index (χ1n) is 6.62. The molecule has 0 bridgehead atoms. The molecule has 1 aromatic heterocycles. The van der Waals surface area contributed by atoms with Crippen LogP contribution in [0.1, 0.15) is 18.5 Å². The molecule has 0 aromatic carbocycles. The van der Waals surface area contributed by atoms with Crippen molar-refractivity contribution in [3.63, 3.8) is 0 Å². The highest BCUT2D eigenvalue weighted by atomic mass is 35.5. The van der Waals surface area contributed by atoms with Crippen molar-refractivity contribution in [2.75, 3.05) is 31.2 Å². The van der Waals surface area contributed by atoms with Gasteiger partial charge >= 0.3 is 0 Å². The molecule has 1 saturated carbocycles. The van der Waals surface area contributed by atoms with E-state index in [0.717, 1.165) is 25.9 Å². The van der Waals surface area contributed by atoms with Crippen LogP contribution in [0.15, 0.2) is 6.07 Å². The molecule has 0 N–H and O–H groups in total. The minimum absolute atomic E-state index is 0.0583. The van der Waals surface area contributed by atoms with Crippen LogP contribution in [0.25, 0.3) is 0 Å². The fourth-order valence-electron chi connectivity index (χ4n) is 2.23. The number of morpholine rings is 1. The van der Waals surface area contributed by atoms with Crippen molar-refractivity contribution < 1.29 is 13.2 Å². The van der Waals surface area contributed by atoms with Crippen LogP contribution in [0.5, 0.6) is 0 Å². The van der Waals surface area contributed by atoms with E-state index in [0.29, 0.717) is 24.7 Å². The molecule has 0 atom stereocenters. The molecular formula is C12H16ClN3O3S. The van der Waals surface area contributed by atoms with E-state index in [-0.39, 0.29) is 16.3 Å². The molecule has 20 heavy (non-hydrogen) atoms. The maximum Gasteiger partial charge on any atom is 0.224 e. The second-order valence-corrected chi connectivity index (χ2v) is 7.71. The van der Waals surface area contributed by atoms with Crippen LogP contribution < -0.4 is 4.90 Å². The van der Waals surface area contributed by atoms with Gasteiger partial charge in [0.2, 0.25) is 5.28 Å². The van der Waals surface area contributed by atoms with E-state index >= 15 is 0 Å². The van der Waals surface area contributed by atoms with Gasteiger partial charge in [-0.25, -0.2) is 18.4 Å². The highest BCUT2D eigenvalue weighted by Crippen LogP contribution is 2.31. The summed E-state index contributed by atoms with van der Waals surface area (Å²) in [5.41, 5.74) is 0.471. The maximum absolute atomic E-state index is 12.0. The summed E-state index contributed by atoms with van der Waals surface area (Å²) in [6.45, 7) is 2.72. The number of halogens is 1. The van der Waals surface area contributed by atoms with E-state index in [4.69, 9.17) is 16.3 Å². The number of aromatic nitrogens is 2. The molecule has 2 heterocycles. The normalized spacial score (nSPS) is 20.1. The molecule has 0 radical (unpaired) electrons. The van der Waals surface area contributed by atoms with Crippen molar-refractivity contribution in [3.8, 4) is 0 Å². The van der Waals surface area contributed by atoms with E-state index < -0.39 is 9.84 Å². The monoisotopic (exact) mass is 317 g/mol. The van der Waals surface area contributed by atoms with Gasteiger partial charge in [-0.15, -0.1) is 0 Å². The van der Waals surface area contributed by atoms with E-state index in [1.54, 1.807) is 6.07 Å². The Labute approximate surface area is 123 Å². The summed E-state index contributed by atoms with van der Waals surface area (Å²) in [7, 11) is -3.10. The topological polar surface area (TPSA) is 72.4 Å². The van der Waals surface area contributed by atoms with Crippen LogP contribution in [-0.2, 0) is 20.3 Å². The summed E-state index contributed by atoms with van der Waals surface area (Å²) in [6, 6.07) is 1.72. The number of rotatable bonds is 4. The van der Waals surface area contributed by atoms with Crippen molar-refractivity contribution in [1.29, 1.82) is 0 Å². The first kappa shape index (κ1) is 14.0. The summed E-state index contributed by atoms with van der Waals surface area (Å²) in [4.78, 5) is 10.3. The fraction of sp³-hybridized carbons (Fsp3) is 0.667. The molecule has 1 aliphatic heterocycles. The highest BCUT2D eigenvalue weighted by molar-refractivity contribution is 7.91. The molecule has 2 fully saturated rings. The van der Waals surface area contributed by atoms with Gasteiger partial charge in [0.25, 0.3) is 0 Å². The zero-order chi connectivity index (χ0) is 14.2. The van der Waals surface area contributed by atoms with Crippen LogP contribution in [0, 0.1) is 0 Å². The van der Waals surface area contributed by atoms with Crippen molar-refractivity contribution in [3.05, 3.63) is 17.0 Å². The third-order valence-electron chi connectivity index (χ3n) is 3.45. The molecule has 0 unspecified atom stereocenters. The molecule has 8 heteroatoms. The Balaban J connectivity index is 1.82. The van der Waals surface area contributed by atoms with Gasteiger partial charge in [0.15, 0.2) is 9.84 Å². The first-order valence-corrected chi connectivity index (χ1v) is 8.72. The molecule has 2 aliphatic rings. The van der Waals surface area contributed by atoms with Crippen LogP contribution in [0.4, 0.5) is 5.82 Å². The lowest BCUT2D eigenvalue weighted by Gasteiger charge is -2.28. The fourth-order valence-corrected chi connectivity index (χ4v) is 4.08. The lowest BCUT2D eigenvalue weighted by molar-refractivity contribution is 0.122. The maximum atomic E-state index is 12.0. The van der Waals surface area contributed by atoms with Gasteiger partial charge in [0.05, 0.1) is 29.9 Å². The Hall–Kier alpha value is -0.920. The Morgan fingerprint density at radius 2 is 2.00 bits per heavy atom. The van der Waals surface area contributed by atoms with Gasteiger partial charge in [-0.05, 0) is 24.4 Å². The second kappa shape index (κ2) is 5.46. The quantitative estimate of drug-likeness (QED) is 0.773. The number of anilines is 1. The summed E-state index contributed by atoms with van der Waals surface area (Å²) >= 11 is 5.92. The standard InChI is InChI=1S/C12H16ClN3O3S/c13-12-14-9(8-20(17,18)10-1-2-10)7-11(15-12)16-3-5-19-6-4-16/h7,10H,1-6,8H2. The predicted molar refractivity (Wildman–Crippen MR) is 75.7 cm³/mol. The number of sulfone groups is 1. The second-order valence-electron chi connectivity index (χ2n) is 5.09. The average Bonchev–Trinajstić information content (AvgIpc) is 3.23. The predicted octanol–water partition coefficient (Wildman–Crippen LogP) is 1.04. The van der Waals surface area contributed by atoms with Gasteiger partial charge in [-0.2, -0.15) is 0 Å². The van der Waals surface area contributed by atoms with Gasteiger partial charge in [-0.3, -0.25) is 0 Å². The molecule has 3 rings (SSSR count). The van der Waals surface area contributed by atoms with Crippen LogP contribution in [0.2, 0.25) is 5.28 Å². The third-order valence-corrected chi connectivity index (χ3v) is 5.81. The van der Waals surface area contributed by atoms with Crippen LogP contribution in [0.3, 0.4) is 0 Å². The first-order chi connectivity index (χ1) is 9.54. The van der Waals surface area contributed by atoms with Gasteiger partial charge < -0.3 is 9.64 Å². The minimum atomic E-state index is -3.10. The Morgan fingerprint density at radius 1 is 1.30 bits per heavy atom. The lowest BCUT2D eigenvalue weighted by Crippen LogP contribution is -2.37. The zero-order valence-electron chi connectivity index (χ0n) is 11.0. The SMILES string of the molecule is O=S(=O)(Cc1cc(N2CCOCC2)nc(Cl)n1)C1CC1. The van der Waals surface area contributed by atoms with Crippen molar-refractivity contribution in [2.24, 2.45) is 0 Å². The molecule has 1 saturated heterocycles. The summed E-state index contributed by atoms with van der Waals surface area (Å²) < 4.78 is 29.3. The smallest absolute Gasteiger partial charge is 0.224 e. The van der Waals surface area contributed by atoms with Gasteiger partial charge in [0.1, 0.15) is 5.82 Å². The number of ether oxygens (including phenoxy) is 1. The van der Waals surface area contributed by atoms with E-state index in [1.807, 2.05) is 4.90 Å². The molecule has 1 aliphatic carbocycles. The molecule has 110 valence electrons. The Kier molecular flexibility index (Phi) is 3.83. The van der Waals surface area contributed by atoms with Gasteiger partial charge in [0, 0.05) is 19.2 Å². The summed E-state index contributed by atoms with van der Waals surface area (Å²) in [5, 5.41) is -0.0990. The zero-order valence-corrected chi connectivity index (χ0v) is 12.5. The molecule has 6 nitrogen and oxygen atoms in total. The molecule has 1 aromatic rings. The average molecular weight is 318 g/mol. The number of nitrogens with zero attached hydrogens (tertiary/aromatic N) is 3. The highest BCUT2D eigenvalue weighted by Gasteiger charge is 2.36. The third kappa shape index (κ3) is 3.21. The molecular weight excluding hydrogens is 302 g/mol. The van der Waals surface area contributed by atoms with Crippen molar-refractivity contribution >= 4 is 27.3 Å². The van der Waals surface area contributed by atoms with Gasteiger partial charge in [-0.1, -0.05) is 0 Å². The summed E-state index contributed by atoms with van der Waals surface area (Å²) in [6.07, 6.45) is 1.52. The summed E-state index contributed by atoms with van der Waals surface area (Å²) in [5.74, 6) is 0.617. The van der Waals surface area contributed by atoms with Crippen LogP contribution in [-0.4, -0.2) is 49.9 Å². The Bertz CT molecular complexity index is 598. The molecule has 0 amide bonds. The largest absolute Gasteiger partial charge is 0.378 e. The molecule has 0 spiro atoms. The number of hydrogen-bond donors (Lipinski definition) is 0. The van der Waals surface area contributed by atoms with E-state index in [2.05, 4.69) is 9.97 Å². The van der Waals surface area contributed by atoms with E-state index in [1.165, 1.54) is 0 Å². The Morgan fingerprint density at radius 3 is 2.65 bits per heavy atom. The lowest BCUT2D eigenvalue weighted by atomic mass is 10.3. The minimum Gasteiger partial charge on any atom is -0.378 e. The number of hydrogen-bond acceptors (Lipinski definition) is 6. The van der Waals surface area contributed by atoms with Crippen molar-refractivity contribution in [1.82, 2.24) is 9.97 Å². The van der Waals surface area contributed by atoms with Crippen molar-refractivity contribution in [2.45, 2.75) is 23.8 Å². The van der Waals surface area contributed by atoms with Crippen LogP contribution >= 0.6 is 11.6 Å². The van der Waals surface area contributed by atoms with E-state index in [9.17, 15) is 8.42 Å².